The zero-order valence-corrected chi connectivity index (χ0v) is 8.46. The minimum atomic E-state index is -0.144. The average molecular weight is 181 g/mol. The Morgan fingerprint density at radius 1 is 1.62 bits per heavy atom. The fourth-order valence-electron chi connectivity index (χ4n) is 1.09. The lowest BCUT2D eigenvalue weighted by atomic mass is 10.2. The number of aryl methyl sites for hydroxylation is 1. The summed E-state index contributed by atoms with van der Waals surface area (Å²) in [5, 5.41) is 2.55. The van der Waals surface area contributed by atoms with Crippen molar-refractivity contribution in [2.75, 3.05) is 7.05 Å². The summed E-state index contributed by atoms with van der Waals surface area (Å²) in [4.78, 5) is 15.5. The highest BCUT2D eigenvalue weighted by molar-refractivity contribution is 5.90. The molecule has 4 heteroatoms. The Labute approximate surface area is 78.0 Å². The number of aromatic nitrogens is 2. The molecule has 1 rings (SSSR count). The van der Waals surface area contributed by atoms with Gasteiger partial charge in [0, 0.05) is 20.3 Å². The first-order chi connectivity index (χ1) is 6.06. The molecular weight excluding hydrogens is 166 g/mol. The highest BCUT2D eigenvalue weighted by Gasteiger charge is 2.13. The molecule has 0 radical (unpaired) electrons. The van der Waals surface area contributed by atoms with Crippen LogP contribution in [0.2, 0.25) is 0 Å². The number of carbonyl (C=O) groups excluding carboxylic acids is 1. The second kappa shape index (κ2) is 3.60. The molecule has 13 heavy (non-hydrogen) atoms. The van der Waals surface area contributed by atoms with E-state index in [-0.39, 0.29) is 5.91 Å². The summed E-state index contributed by atoms with van der Waals surface area (Å²) < 4.78 is 1.74. The van der Waals surface area contributed by atoms with Gasteiger partial charge >= 0.3 is 0 Å². The second-order valence-corrected chi connectivity index (χ2v) is 3.33. The van der Waals surface area contributed by atoms with Gasteiger partial charge in [0.05, 0.1) is 5.69 Å². The molecule has 0 bridgehead atoms. The van der Waals surface area contributed by atoms with Crippen LogP contribution in [0.3, 0.4) is 0 Å². The summed E-state index contributed by atoms with van der Waals surface area (Å²) >= 11 is 0. The lowest BCUT2D eigenvalue weighted by Gasteiger charge is -1.97. The van der Waals surface area contributed by atoms with Crippen LogP contribution in [-0.4, -0.2) is 22.5 Å². The van der Waals surface area contributed by atoms with Crippen molar-refractivity contribution in [2.24, 2.45) is 7.05 Å². The Morgan fingerprint density at radius 3 is 2.62 bits per heavy atom. The predicted molar refractivity (Wildman–Crippen MR) is 50.7 cm³/mol. The fourth-order valence-corrected chi connectivity index (χ4v) is 1.09. The van der Waals surface area contributed by atoms with Gasteiger partial charge < -0.3 is 9.88 Å². The molecule has 1 amide bonds. The van der Waals surface area contributed by atoms with E-state index in [9.17, 15) is 4.79 Å². The molecule has 0 unspecified atom stereocenters. The highest BCUT2D eigenvalue weighted by atomic mass is 16.2. The van der Waals surface area contributed by atoms with Crippen molar-refractivity contribution in [3.05, 3.63) is 17.7 Å². The van der Waals surface area contributed by atoms with Crippen LogP contribution in [0.15, 0.2) is 6.20 Å². The standard InChI is InChI=1S/C9H15N3O/c1-6(2)7-5-12(4)8(11-7)9(13)10-3/h5-6H,1-4H3,(H,10,13). The topological polar surface area (TPSA) is 46.9 Å². The molecule has 1 aromatic heterocycles. The molecule has 0 aliphatic heterocycles. The Bertz CT molecular complexity index is 315. The number of amides is 1. The quantitative estimate of drug-likeness (QED) is 0.737. The van der Waals surface area contributed by atoms with Crippen molar-refractivity contribution < 1.29 is 4.79 Å². The van der Waals surface area contributed by atoms with Crippen molar-refractivity contribution in [1.29, 1.82) is 0 Å². The number of hydrogen-bond acceptors (Lipinski definition) is 2. The van der Waals surface area contributed by atoms with Gasteiger partial charge in [-0.15, -0.1) is 0 Å². The van der Waals surface area contributed by atoms with E-state index >= 15 is 0 Å². The summed E-state index contributed by atoms with van der Waals surface area (Å²) in [5.41, 5.74) is 0.945. The molecule has 0 fully saturated rings. The Balaban J connectivity index is 3.03. The van der Waals surface area contributed by atoms with Crippen molar-refractivity contribution in [2.45, 2.75) is 19.8 Å². The zero-order valence-electron chi connectivity index (χ0n) is 8.46. The first-order valence-electron chi connectivity index (χ1n) is 4.31. The van der Waals surface area contributed by atoms with E-state index in [4.69, 9.17) is 0 Å². The Hall–Kier alpha value is -1.32. The lowest BCUT2D eigenvalue weighted by molar-refractivity contribution is 0.0949. The SMILES string of the molecule is CNC(=O)c1nc(C(C)C)cn1C. The number of rotatable bonds is 2. The number of nitrogens with zero attached hydrogens (tertiary/aromatic N) is 2. The minimum Gasteiger partial charge on any atom is -0.352 e. The highest BCUT2D eigenvalue weighted by Crippen LogP contribution is 2.12. The van der Waals surface area contributed by atoms with Gasteiger partial charge in [-0.05, 0) is 5.92 Å². The van der Waals surface area contributed by atoms with Gasteiger partial charge in [0.1, 0.15) is 0 Å². The van der Waals surface area contributed by atoms with E-state index < -0.39 is 0 Å². The van der Waals surface area contributed by atoms with Crippen LogP contribution < -0.4 is 5.32 Å². The second-order valence-electron chi connectivity index (χ2n) is 3.33. The normalized spacial score (nSPS) is 10.5. The lowest BCUT2D eigenvalue weighted by Crippen LogP contribution is -2.21. The molecule has 1 aromatic rings. The molecule has 0 aliphatic carbocycles. The monoisotopic (exact) mass is 181 g/mol. The van der Waals surface area contributed by atoms with Gasteiger partial charge in [0.15, 0.2) is 5.82 Å². The Kier molecular flexibility index (Phi) is 2.70. The number of carbonyl (C=O) groups is 1. The van der Waals surface area contributed by atoms with Gasteiger partial charge in [-0.3, -0.25) is 4.79 Å². The fraction of sp³-hybridized carbons (Fsp3) is 0.556. The molecule has 0 atom stereocenters. The average Bonchev–Trinajstić information content (AvgIpc) is 2.46. The molecule has 0 aromatic carbocycles. The summed E-state index contributed by atoms with van der Waals surface area (Å²) in [6.45, 7) is 4.10. The van der Waals surface area contributed by atoms with E-state index in [0.29, 0.717) is 11.7 Å². The maximum absolute atomic E-state index is 11.3. The first kappa shape index (κ1) is 9.77. The number of imidazole rings is 1. The van der Waals surface area contributed by atoms with E-state index in [2.05, 4.69) is 24.1 Å². The van der Waals surface area contributed by atoms with Gasteiger partial charge in [-0.2, -0.15) is 0 Å². The first-order valence-corrected chi connectivity index (χ1v) is 4.31. The van der Waals surface area contributed by atoms with E-state index in [1.165, 1.54) is 0 Å². The van der Waals surface area contributed by atoms with Crippen molar-refractivity contribution in [3.63, 3.8) is 0 Å². The van der Waals surface area contributed by atoms with E-state index in [1.54, 1.807) is 11.6 Å². The van der Waals surface area contributed by atoms with Crippen LogP contribution in [-0.2, 0) is 7.05 Å². The predicted octanol–water partition coefficient (Wildman–Crippen LogP) is 0.903. The molecular formula is C9H15N3O. The maximum atomic E-state index is 11.3. The minimum absolute atomic E-state index is 0.144. The molecule has 0 saturated carbocycles. The summed E-state index contributed by atoms with van der Waals surface area (Å²) in [6.07, 6.45) is 1.88. The van der Waals surface area contributed by atoms with Gasteiger partial charge in [0.2, 0.25) is 0 Å². The molecule has 1 heterocycles. The smallest absolute Gasteiger partial charge is 0.287 e. The van der Waals surface area contributed by atoms with Crippen LogP contribution in [0, 0.1) is 0 Å². The molecule has 0 saturated heterocycles. The largest absolute Gasteiger partial charge is 0.352 e. The third-order valence-electron chi connectivity index (χ3n) is 1.92. The van der Waals surface area contributed by atoms with Gasteiger partial charge in [0.25, 0.3) is 5.91 Å². The molecule has 1 N–H and O–H groups in total. The zero-order chi connectivity index (χ0) is 10.0. The van der Waals surface area contributed by atoms with Crippen LogP contribution >= 0.6 is 0 Å². The third kappa shape index (κ3) is 1.88. The summed E-state index contributed by atoms with van der Waals surface area (Å²) in [5.74, 6) is 0.671. The maximum Gasteiger partial charge on any atom is 0.287 e. The van der Waals surface area contributed by atoms with Crippen LogP contribution in [0.5, 0.6) is 0 Å². The van der Waals surface area contributed by atoms with E-state index in [0.717, 1.165) is 5.69 Å². The van der Waals surface area contributed by atoms with Gasteiger partial charge in [-0.25, -0.2) is 4.98 Å². The third-order valence-corrected chi connectivity index (χ3v) is 1.92. The van der Waals surface area contributed by atoms with Crippen LogP contribution in [0.25, 0.3) is 0 Å². The summed E-state index contributed by atoms with van der Waals surface area (Å²) in [7, 11) is 3.43. The molecule has 0 spiro atoms. The molecule has 72 valence electrons. The van der Waals surface area contributed by atoms with Crippen LogP contribution in [0.1, 0.15) is 36.1 Å². The number of hydrogen-bond donors (Lipinski definition) is 1. The Morgan fingerprint density at radius 2 is 2.23 bits per heavy atom. The molecule has 0 aliphatic rings. The van der Waals surface area contributed by atoms with Gasteiger partial charge in [-0.1, -0.05) is 13.8 Å². The number of nitrogens with one attached hydrogen (secondary N) is 1. The molecule has 4 nitrogen and oxygen atoms in total. The van der Waals surface area contributed by atoms with Crippen molar-refractivity contribution >= 4 is 5.91 Å². The summed E-state index contributed by atoms with van der Waals surface area (Å²) in [6, 6.07) is 0. The van der Waals surface area contributed by atoms with Crippen molar-refractivity contribution in [1.82, 2.24) is 14.9 Å². The van der Waals surface area contributed by atoms with Crippen LogP contribution in [0.4, 0.5) is 0 Å². The van der Waals surface area contributed by atoms with Crippen molar-refractivity contribution in [3.8, 4) is 0 Å². The van der Waals surface area contributed by atoms with E-state index in [1.807, 2.05) is 13.2 Å².